The van der Waals surface area contributed by atoms with Gasteiger partial charge in [0.05, 0.1) is 11.6 Å². The molecule has 0 aromatic carbocycles. The fourth-order valence-corrected chi connectivity index (χ4v) is 1.18. The van der Waals surface area contributed by atoms with Gasteiger partial charge >= 0.3 is 0 Å². The lowest BCUT2D eigenvalue weighted by Crippen LogP contribution is -2.07. The van der Waals surface area contributed by atoms with Crippen molar-refractivity contribution in [1.82, 2.24) is 19.4 Å². The minimum atomic E-state index is 0.375. The van der Waals surface area contributed by atoms with Gasteiger partial charge < -0.3 is 5.73 Å². The molecule has 0 bridgehead atoms. The Labute approximate surface area is 74.3 Å². The minimum Gasteiger partial charge on any atom is -0.366 e. The first-order valence-corrected chi connectivity index (χ1v) is 3.83. The van der Waals surface area contributed by atoms with E-state index in [0.29, 0.717) is 5.95 Å². The first kappa shape index (κ1) is 7.78. The second kappa shape index (κ2) is 2.58. The third-order valence-electron chi connectivity index (χ3n) is 1.86. The quantitative estimate of drug-likeness (QED) is 0.572. The first-order chi connectivity index (χ1) is 6.22. The summed E-state index contributed by atoms with van der Waals surface area (Å²) >= 11 is 0. The third-order valence-corrected chi connectivity index (χ3v) is 1.86. The van der Waals surface area contributed by atoms with Gasteiger partial charge in [-0.15, -0.1) is 5.10 Å². The van der Waals surface area contributed by atoms with Crippen LogP contribution >= 0.6 is 0 Å². The van der Waals surface area contributed by atoms with Crippen molar-refractivity contribution >= 4 is 11.6 Å². The van der Waals surface area contributed by atoms with Gasteiger partial charge in [-0.1, -0.05) is 0 Å². The van der Waals surface area contributed by atoms with Gasteiger partial charge in [-0.2, -0.15) is 9.61 Å². The Morgan fingerprint density at radius 3 is 3.00 bits per heavy atom. The second-order valence-corrected chi connectivity index (χ2v) is 2.69. The number of nitrogens with zero attached hydrogens (tertiary/aromatic N) is 5. The van der Waals surface area contributed by atoms with E-state index in [1.54, 1.807) is 22.4 Å². The van der Waals surface area contributed by atoms with E-state index in [1.165, 1.54) is 0 Å². The van der Waals surface area contributed by atoms with Crippen molar-refractivity contribution in [2.45, 2.75) is 0 Å². The first-order valence-electron chi connectivity index (χ1n) is 3.83. The van der Waals surface area contributed by atoms with E-state index in [2.05, 4.69) is 15.2 Å². The van der Waals surface area contributed by atoms with Gasteiger partial charge in [0.2, 0.25) is 5.95 Å². The normalized spacial score (nSPS) is 12.6. The summed E-state index contributed by atoms with van der Waals surface area (Å²) in [5.41, 5.74) is 6.43. The molecule has 13 heavy (non-hydrogen) atoms. The number of nitrogen functional groups attached to an aromatic ring is 1. The molecule has 6 heteroatoms. The summed E-state index contributed by atoms with van der Waals surface area (Å²) in [6.45, 7) is 0. The maximum Gasteiger partial charge on any atom is 0.241 e. The van der Waals surface area contributed by atoms with E-state index in [0.717, 1.165) is 11.0 Å². The molecule has 2 aromatic rings. The van der Waals surface area contributed by atoms with E-state index < -0.39 is 0 Å². The number of anilines is 1. The van der Waals surface area contributed by atoms with Crippen molar-refractivity contribution in [3.05, 3.63) is 17.6 Å². The van der Waals surface area contributed by atoms with Crippen molar-refractivity contribution < 1.29 is 0 Å². The van der Waals surface area contributed by atoms with Crippen LogP contribution in [0.25, 0.3) is 5.65 Å². The number of aryl methyl sites for hydroxylation is 1. The highest BCUT2D eigenvalue weighted by Gasteiger charge is 2.02. The summed E-state index contributed by atoms with van der Waals surface area (Å²) in [6.07, 6.45) is 1.64. The number of fused-ring (bicyclic) bond motifs is 1. The molecule has 0 saturated carbocycles. The SMILES string of the molecule is CN=c1cnn2c(N)nn(C)c2c1. The number of rotatable bonds is 0. The zero-order chi connectivity index (χ0) is 9.42. The lowest BCUT2D eigenvalue weighted by molar-refractivity contribution is 0.798. The van der Waals surface area contributed by atoms with Crippen LogP contribution in [0, 0.1) is 0 Å². The topological polar surface area (TPSA) is 73.5 Å². The van der Waals surface area contributed by atoms with E-state index >= 15 is 0 Å². The van der Waals surface area contributed by atoms with Crippen LogP contribution in [0.2, 0.25) is 0 Å². The van der Waals surface area contributed by atoms with Crippen LogP contribution in [0.3, 0.4) is 0 Å². The predicted octanol–water partition coefficient (Wildman–Crippen LogP) is -0.820. The third kappa shape index (κ3) is 1.07. The molecule has 6 nitrogen and oxygen atoms in total. The molecule has 0 unspecified atom stereocenters. The maximum atomic E-state index is 5.61. The van der Waals surface area contributed by atoms with Gasteiger partial charge in [0, 0.05) is 20.2 Å². The van der Waals surface area contributed by atoms with Crippen molar-refractivity contribution in [2.75, 3.05) is 12.8 Å². The Morgan fingerprint density at radius 2 is 2.31 bits per heavy atom. The fraction of sp³-hybridized carbons (Fsp3) is 0.286. The van der Waals surface area contributed by atoms with Gasteiger partial charge in [-0.25, -0.2) is 4.68 Å². The van der Waals surface area contributed by atoms with Crippen LogP contribution in [0.15, 0.2) is 17.3 Å². The van der Waals surface area contributed by atoms with Crippen molar-refractivity contribution in [3.8, 4) is 0 Å². The molecule has 2 heterocycles. The van der Waals surface area contributed by atoms with Crippen molar-refractivity contribution in [2.24, 2.45) is 12.0 Å². The molecule has 2 N–H and O–H groups in total. The van der Waals surface area contributed by atoms with Crippen molar-refractivity contribution in [3.63, 3.8) is 0 Å². The van der Waals surface area contributed by atoms with E-state index in [4.69, 9.17) is 5.73 Å². The fourth-order valence-electron chi connectivity index (χ4n) is 1.18. The summed E-state index contributed by atoms with van der Waals surface area (Å²) < 4.78 is 3.23. The zero-order valence-electron chi connectivity index (χ0n) is 7.47. The number of nitrogens with two attached hydrogens (primary N) is 1. The standard InChI is InChI=1S/C7H10N6/c1-9-5-3-6-12(2)11-7(8)13(6)10-4-5/h3-4H,1-2H3,(H2,8,11). The summed E-state index contributed by atoms with van der Waals surface area (Å²) in [7, 11) is 3.53. The summed E-state index contributed by atoms with van der Waals surface area (Å²) in [5.74, 6) is 0.375. The highest BCUT2D eigenvalue weighted by molar-refractivity contribution is 5.41. The molecule has 2 rings (SSSR count). The van der Waals surface area contributed by atoms with E-state index in [9.17, 15) is 0 Å². The molecule has 0 aliphatic rings. The summed E-state index contributed by atoms with van der Waals surface area (Å²) in [4.78, 5) is 4.01. The molecular weight excluding hydrogens is 168 g/mol. The molecular formula is C7H10N6. The van der Waals surface area contributed by atoms with Crippen LogP contribution in [0.1, 0.15) is 0 Å². The van der Waals surface area contributed by atoms with Gasteiger partial charge in [0.1, 0.15) is 0 Å². The monoisotopic (exact) mass is 178 g/mol. The molecule has 68 valence electrons. The molecule has 0 fully saturated rings. The Balaban J connectivity index is 2.92. The van der Waals surface area contributed by atoms with Crippen LogP contribution in [0.5, 0.6) is 0 Å². The zero-order valence-corrected chi connectivity index (χ0v) is 7.47. The molecule has 2 aromatic heterocycles. The van der Waals surface area contributed by atoms with Gasteiger partial charge in [0.15, 0.2) is 5.65 Å². The predicted molar refractivity (Wildman–Crippen MR) is 47.9 cm³/mol. The van der Waals surface area contributed by atoms with Crippen LogP contribution in [0.4, 0.5) is 5.95 Å². The highest BCUT2D eigenvalue weighted by Crippen LogP contribution is 2.01. The molecule has 0 atom stereocenters. The molecule has 0 spiro atoms. The maximum absolute atomic E-state index is 5.61. The second-order valence-electron chi connectivity index (χ2n) is 2.69. The number of hydrogen-bond acceptors (Lipinski definition) is 4. The molecule has 0 amide bonds. The van der Waals surface area contributed by atoms with Crippen molar-refractivity contribution in [1.29, 1.82) is 0 Å². The van der Waals surface area contributed by atoms with Gasteiger partial charge in [-0.05, 0) is 0 Å². The molecule has 0 saturated heterocycles. The van der Waals surface area contributed by atoms with E-state index in [1.807, 2.05) is 13.1 Å². The van der Waals surface area contributed by atoms with Crippen LogP contribution in [-0.2, 0) is 7.05 Å². The van der Waals surface area contributed by atoms with Crippen LogP contribution < -0.4 is 11.1 Å². The van der Waals surface area contributed by atoms with Gasteiger partial charge in [0.25, 0.3) is 0 Å². The largest absolute Gasteiger partial charge is 0.366 e. The average molecular weight is 178 g/mol. The highest BCUT2D eigenvalue weighted by atomic mass is 15.4. The molecule has 0 radical (unpaired) electrons. The van der Waals surface area contributed by atoms with Gasteiger partial charge in [-0.3, -0.25) is 4.99 Å². The Hall–Kier alpha value is -1.85. The van der Waals surface area contributed by atoms with E-state index in [-0.39, 0.29) is 0 Å². The molecule has 0 aliphatic heterocycles. The molecule has 0 aliphatic carbocycles. The lowest BCUT2D eigenvalue weighted by atomic mass is 10.5. The lowest BCUT2D eigenvalue weighted by Gasteiger charge is -1.93. The minimum absolute atomic E-state index is 0.375. The smallest absolute Gasteiger partial charge is 0.241 e. The Bertz CT molecular complexity index is 505. The summed E-state index contributed by atoms with van der Waals surface area (Å²) in [6, 6.07) is 1.87. The number of aromatic nitrogens is 4. The Kier molecular flexibility index (Phi) is 1.54. The summed E-state index contributed by atoms with van der Waals surface area (Å²) in [5, 5.41) is 8.91. The van der Waals surface area contributed by atoms with Crippen LogP contribution in [-0.4, -0.2) is 26.4 Å². The Morgan fingerprint density at radius 1 is 1.54 bits per heavy atom. The number of hydrogen-bond donors (Lipinski definition) is 1. The average Bonchev–Trinajstić information content (AvgIpc) is 2.42.